The van der Waals surface area contributed by atoms with Crippen molar-refractivity contribution in [1.29, 1.82) is 0 Å². The van der Waals surface area contributed by atoms with E-state index in [1.807, 2.05) is 11.9 Å². The Hall–Kier alpha value is -0.900. The maximum absolute atomic E-state index is 10.9. The average molecular weight is 157 g/mol. The minimum atomic E-state index is -1.30. The molecule has 1 aliphatic rings. The highest BCUT2D eigenvalue weighted by atomic mass is 16.4. The summed E-state index contributed by atoms with van der Waals surface area (Å²) in [4.78, 5) is 23.1. The first-order valence-electron chi connectivity index (χ1n) is 3.57. The van der Waals surface area contributed by atoms with Gasteiger partial charge < -0.3 is 10.0 Å². The fourth-order valence-corrected chi connectivity index (χ4v) is 1.32. The number of rotatable bonds is 2. The molecule has 1 heterocycles. The molecule has 1 unspecified atom stereocenters. The molecule has 0 radical (unpaired) electrons. The summed E-state index contributed by atoms with van der Waals surface area (Å²) in [6.45, 7) is 1.41. The molecule has 1 saturated heterocycles. The number of hydrogen-bond donors (Lipinski definition) is 1. The molecule has 0 aliphatic carbocycles. The second kappa shape index (κ2) is 3.00. The van der Waals surface area contributed by atoms with E-state index in [0.29, 0.717) is 13.0 Å². The van der Waals surface area contributed by atoms with Gasteiger partial charge in [0.05, 0.1) is 0 Å². The SMILES string of the molecule is CN1CCC(C(=O)C(=O)O)C1. The number of carbonyl (C=O) groups is 2. The minimum Gasteiger partial charge on any atom is -0.475 e. The highest BCUT2D eigenvalue weighted by Crippen LogP contribution is 2.14. The van der Waals surface area contributed by atoms with Crippen molar-refractivity contribution in [3.8, 4) is 0 Å². The zero-order chi connectivity index (χ0) is 8.43. The number of carbonyl (C=O) groups excluding carboxylic acids is 1. The normalized spacial score (nSPS) is 25.4. The van der Waals surface area contributed by atoms with E-state index in [4.69, 9.17) is 5.11 Å². The molecule has 1 aliphatic heterocycles. The molecule has 1 atom stereocenters. The number of carboxylic acids is 1. The quantitative estimate of drug-likeness (QED) is 0.554. The lowest BCUT2D eigenvalue weighted by Crippen LogP contribution is -2.25. The van der Waals surface area contributed by atoms with Crippen molar-refractivity contribution in [3.63, 3.8) is 0 Å². The smallest absolute Gasteiger partial charge is 0.372 e. The van der Waals surface area contributed by atoms with E-state index < -0.39 is 11.8 Å². The van der Waals surface area contributed by atoms with Crippen LogP contribution in [0.1, 0.15) is 6.42 Å². The van der Waals surface area contributed by atoms with Crippen LogP contribution in [0.25, 0.3) is 0 Å². The Balaban J connectivity index is 2.50. The molecule has 62 valence electrons. The van der Waals surface area contributed by atoms with Crippen LogP contribution in [-0.4, -0.2) is 41.9 Å². The molecule has 0 aromatic rings. The number of nitrogens with zero attached hydrogens (tertiary/aromatic N) is 1. The number of likely N-dealkylation sites (tertiary alicyclic amines) is 1. The van der Waals surface area contributed by atoms with E-state index in [1.54, 1.807) is 0 Å². The van der Waals surface area contributed by atoms with Gasteiger partial charge in [-0.05, 0) is 20.0 Å². The van der Waals surface area contributed by atoms with Crippen LogP contribution < -0.4 is 0 Å². The van der Waals surface area contributed by atoms with E-state index in [0.717, 1.165) is 6.54 Å². The van der Waals surface area contributed by atoms with Gasteiger partial charge in [-0.3, -0.25) is 4.79 Å². The monoisotopic (exact) mass is 157 g/mol. The van der Waals surface area contributed by atoms with Crippen LogP contribution in [0, 0.1) is 5.92 Å². The Labute approximate surface area is 64.8 Å². The molecular formula is C7H11NO3. The van der Waals surface area contributed by atoms with E-state index in [1.165, 1.54) is 0 Å². The average Bonchev–Trinajstić information content (AvgIpc) is 2.34. The fraction of sp³-hybridized carbons (Fsp3) is 0.714. The summed E-state index contributed by atoms with van der Waals surface area (Å²) in [5.74, 6) is -2.22. The van der Waals surface area contributed by atoms with Gasteiger partial charge in [0.1, 0.15) is 0 Å². The number of ketones is 1. The molecule has 0 saturated carbocycles. The zero-order valence-corrected chi connectivity index (χ0v) is 6.41. The first-order valence-corrected chi connectivity index (χ1v) is 3.57. The van der Waals surface area contributed by atoms with Crippen molar-refractivity contribution < 1.29 is 14.7 Å². The molecule has 0 spiro atoms. The van der Waals surface area contributed by atoms with Crippen LogP contribution in [0.2, 0.25) is 0 Å². The number of Topliss-reactive ketones (excluding diaryl/α,β-unsaturated/α-hetero) is 1. The van der Waals surface area contributed by atoms with Crippen LogP contribution in [0.5, 0.6) is 0 Å². The van der Waals surface area contributed by atoms with E-state index >= 15 is 0 Å². The molecule has 1 rings (SSSR count). The van der Waals surface area contributed by atoms with Crippen LogP contribution in [-0.2, 0) is 9.59 Å². The predicted octanol–water partition coefficient (Wildman–Crippen LogP) is -0.408. The Morgan fingerprint density at radius 1 is 1.55 bits per heavy atom. The van der Waals surface area contributed by atoms with Gasteiger partial charge in [0.25, 0.3) is 0 Å². The molecule has 4 heteroatoms. The molecule has 4 nitrogen and oxygen atoms in total. The first kappa shape index (κ1) is 8.20. The van der Waals surface area contributed by atoms with E-state index in [9.17, 15) is 9.59 Å². The van der Waals surface area contributed by atoms with E-state index in [2.05, 4.69) is 0 Å². The summed E-state index contributed by atoms with van der Waals surface area (Å²) < 4.78 is 0. The molecule has 11 heavy (non-hydrogen) atoms. The molecule has 0 amide bonds. The van der Waals surface area contributed by atoms with Gasteiger partial charge in [-0.2, -0.15) is 0 Å². The molecule has 0 aromatic heterocycles. The number of hydrogen-bond acceptors (Lipinski definition) is 3. The lowest BCUT2D eigenvalue weighted by Gasteiger charge is -2.05. The van der Waals surface area contributed by atoms with Crippen molar-refractivity contribution in [2.75, 3.05) is 20.1 Å². The molecule has 1 N–H and O–H groups in total. The maximum atomic E-state index is 10.9. The van der Waals surface area contributed by atoms with Crippen LogP contribution >= 0.6 is 0 Å². The molecule has 1 fully saturated rings. The Kier molecular flexibility index (Phi) is 2.24. The number of aliphatic carboxylic acids is 1. The number of carboxylic acid groups (broad SMARTS) is 1. The Morgan fingerprint density at radius 2 is 2.18 bits per heavy atom. The van der Waals surface area contributed by atoms with Crippen molar-refractivity contribution in [1.82, 2.24) is 4.90 Å². The van der Waals surface area contributed by atoms with Gasteiger partial charge in [0, 0.05) is 12.5 Å². The summed E-state index contributed by atoms with van der Waals surface area (Å²) in [5.41, 5.74) is 0. The highest BCUT2D eigenvalue weighted by Gasteiger charge is 2.29. The third-order valence-corrected chi connectivity index (χ3v) is 1.97. The van der Waals surface area contributed by atoms with Gasteiger partial charge in [-0.15, -0.1) is 0 Å². The highest BCUT2D eigenvalue weighted by molar-refractivity contribution is 6.33. The third-order valence-electron chi connectivity index (χ3n) is 1.97. The largest absolute Gasteiger partial charge is 0.475 e. The molecule has 0 bridgehead atoms. The van der Waals surface area contributed by atoms with Crippen molar-refractivity contribution in [3.05, 3.63) is 0 Å². The van der Waals surface area contributed by atoms with Crippen LogP contribution in [0.4, 0.5) is 0 Å². The van der Waals surface area contributed by atoms with Crippen molar-refractivity contribution in [2.24, 2.45) is 5.92 Å². The predicted molar refractivity (Wildman–Crippen MR) is 38.2 cm³/mol. The van der Waals surface area contributed by atoms with Crippen LogP contribution in [0.3, 0.4) is 0 Å². The topological polar surface area (TPSA) is 57.6 Å². The first-order chi connectivity index (χ1) is 5.11. The van der Waals surface area contributed by atoms with Gasteiger partial charge in [0.15, 0.2) is 0 Å². The summed E-state index contributed by atoms with van der Waals surface area (Å²) in [7, 11) is 1.88. The Morgan fingerprint density at radius 3 is 2.55 bits per heavy atom. The van der Waals surface area contributed by atoms with E-state index in [-0.39, 0.29) is 5.92 Å². The maximum Gasteiger partial charge on any atom is 0.372 e. The van der Waals surface area contributed by atoms with Gasteiger partial charge in [-0.25, -0.2) is 4.79 Å². The Bertz CT molecular complexity index is 190. The van der Waals surface area contributed by atoms with Crippen LogP contribution in [0.15, 0.2) is 0 Å². The standard InChI is InChI=1S/C7H11NO3/c1-8-3-2-5(4-8)6(9)7(10)11/h5H,2-4H2,1H3,(H,10,11). The van der Waals surface area contributed by atoms with Crippen molar-refractivity contribution in [2.45, 2.75) is 6.42 Å². The molecular weight excluding hydrogens is 146 g/mol. The third kappa shape index (κ3) is 1.77. The lowest BCUT2D eigenvalue weighted by atomic mass is 10.0. The molecule has 0 aromatic carbocycles. The minimum absolute atomic E-state index is 0.280. The summed E-state index contributed by atoms with van der Waals surface area (Å²) >= 11 is 0. The second-order valence-electron chi connectivity index (χ2n) is 2.92. The lowest BCUT2D eigenvalue weighted by molar-refractivity contribution is -0.150. The fourth-order valence-electron chi connectivity index (χ4n) is 1.32. The second-order valence-corrected chi connectivity index (χ2v) is 2.92. The summed E-state index contributed by atoms with van der Waals surface area (Å²) in [6.07, 6.45) is 0.682. The summed E-state index contributed by atoms with van der Waals surface area (Å²) in [6, 6.07) is 0. The van der Waals surface area contributed by atoms with Crippen molar-refractivity contribution >= 4 is 11.8 Å². The van der Waals surface area contributed by atoms with Gasteiger partial charge >= 0.3 is 5.97 Å². The van der Waals surface area contributed by atoms with Gasteiger partial charge in [-0.1, -0.05) is 0 Å². The summed E-state index contributed by atoms with van der Waals surface area (Å²) in [5, 5.41) is 8.36. The van der Waals surface area contributed by atoms with Gasteiger partial charge in [0.2, 0.25) is 5.78 Å². The zero-order valence-electron chi connectivity index (χ0n) is 6.41.